The van der Waals surface area contributed by atoms with Gasteiger partial charge in [-0.2, -0.15) is 5.11 Å². The average molecular weight is 456 g/mol. The molecule has 0 amide bonds. The Bertz CT molecular complexity index is 1340. The molecule has 0 spiro atoms. The molecule has 34 heavy (non-hydrogen) atoms. The Morgan fingerprint density at radius 1 is 0.588 bits per heavy atom. The van der Waals surface area contributed by atoms with Crippen molar-refractivity contribution in [1.82, 2.24) is 0 Å². The number of nitro benzene ring substituents is 2. The second kappa shape index (κ2) is 10.0. The zero-order valence-electron chi connectivity index (χ0n) is 17.5. The predicted octanol–water partition coefficient (Wildman–Crippen LogP) is 7.50. The van der Waals surface area contributed by atoms with E-state index in [9.17, 15) is 20.2 Å². The smallest absolute Gasteiger partial charge is 0.269 e. The number of nitrogens with zero attached hydrogens (tertiary/aromatic N) is 4. The van der Waals surface area contributed by atoms with Crippen LogP contribution in [0.25, 0.3) is 0 Å². The maximum atomic E-state index is 10.9. The van der Waals surface area contributed by atoms with Crippen LogP contribution >= 0.6 is 0 Å². The average Bonchev–Trinajstić information content (AvgIpc) is 2.85. The summed E-state index contributed by atoms with van der Waals surface area (Å²) in [6.45, 7) is 0. The highest BCUT2D eigenvalue weighted by Gasteiger charge is 2.11. The van der Waals surface area contributed by atoms with Crippen molar-refractivity contribution >= 4 is 22.7 Å². The second-order valence-corrected chi connectivity index (χ2v) is 6.87. The zero-order chi connectivity index (χ0) is 23.9. The topological polar surface area (TPSA) is 129 Å². The number of hydrogen-bond acceptors (Lipinski definition) is 8. The number of rotatable bonds is 8. The summed E-state index contributed by atoms with van der Waals surface area (Å²) < 4.78 is 11.7. The SMILES string of the molecule is O=[N+]([O-])c1ccc(Oc2ccc(N=Nc3ccccc3)c(Oc3ccc([N+](=O)[O-])cc3)c2)cc1. The van der Waals surface area contributed by atoms with Gasteiger partial charge in [-0.1, -0.05) is 18.2 Å². The lowest BCUT2D eigenvalue weighted by Crippen LogP contribution is -1.91. The maximum absolute atomic E-state index is 10.9. The normalized spacial score (nSPS) is 10.7. The first-order valence-electron chi connectivity index (χ1n) is 9.93. The van der Waals surface area contributed by atoms with Crippen molar-refractivity contribution in [2.75, 3.05) is 0 Å². The van der Waals surface area contributed by atoms with Crippen molar-refractivity contribution in [3.63, 3.8) is 0 Å². The summed E-state index contributed by atoms with van der Waals surface area (Å²) >= 11 is 0. The van der Waals surface area contributed by atoms with Gasteiger partial charge in [0.15, 0.2) is 5.75 Å². The van der Waals surface area contributed by atoms with Crippen LogP contribution in [0.2, 0.25) is 0 Å². The van der Waals surface area contributed by atoms with Gasteiger partial charge in [0.05, 0.1) is 15.5 Å². The van der Waals surface area contributed by atoms with Gasteiger partial charge in [-0.3, -0.25) is 20.2 Å². The molecule has 0 aromatic heterocycles. The third kappa shape index (κ3) is 5.56. The Kier molecular flexibility index (Phi) is 6.50. The highest BCUT2D eigenvalue weighted by Crippen LogP contribution is 2.38. The molecule has 0 bridgehead atoms. The summed E-state index contributed by atoms with van der Waals surface area (Å²) in [7, 11) is 0. The minimum atomic E-state index is -0.498. The van der Waals surface area contributed by atoms with Crippen LogP contribution in [0.5, 0.6) is 23.0 Å². The zero-order valence-corrected chi connectivity index (χ0v) is 17.5. The lowest BCUT2D eigenvalue weighted by Gasteiger charge is -2.11. The molecule has 4 aromatic carbocycles. The van der Waals surface area contributed by atoms with Crippen LogP contribution in [0.1, 0.15) is 0 Å². The molecular weight excluding hydrogens is 440 g/mol. The minimum absolute atomic E-state index is 0.0498. The monoisotopic (exact) mass is 456 g/mol. The Labute approximate surface area is 193 Å². The maximum Gasteiger partial charge on any atom is 0.269 e. The first-order chi connectivity index (χ1) is 16.5. The molecule has 0 atom stereocenters. The Hall–Kier alpha value is -5.12. The van der Waals surface area contributed by atoms with Crippen molar-refractivity contribution in [3.05, 3.63) is 117 Å². The van der Waals surface area contributed by atoms with Crippen molar-refractivity contribution in [2.24, 2.45) is 10.2 Å². The molecular formula is C24H16N4O6. The van der Waals surface area contributed by atoms with Crippen LogP contribution < -0.4 is 9.47 Å². The van der Waals surface area contributed by atoms with Crippen molar-refractivity contribution in [2.45, 2.75) is 0 Å². The van der Waals surface area contributed by atoms with Gasteiger partial charge in [0.25, 0.3) is 11.4 Å². The van der Waals surface area contributed by atoms with Crippen LogP contribution in [0.15, 0.2) is 107 Å². The molecule has 0 aliphatic rings. The third-order valence-electron chi connectivity index (χ3n) is 4.52. The first-order valence-corrected chi connectivity index (χ1v) is 9.93. The van der Waals surface area contributed by atoms with E-state index in [1.807, 2.05) is 18.2 Å². The second-order valence-electron chi connectivity index (χ2n) is 6.87. The molecule has 0 aliphatic heterocycles. The fourth-order valence-electron chi connectivity index (χ4n) is 2.86. The molecule has 0 N–H and O–H groups in total. The van der Waals surface area contributed by atoms with Crippen LogP contribution in [-0.2, 0) is 0 Å². The Morgan fingerprint density at radius 3 is 1.68 bits per heavy atom. The van der Waals surface area contributed by atoms with Crippen LogP contribution in [0.3, 0.4) is 0 Å². The van der Waals surface area contributed by atoms with Gasteiger partial charge in [-0.15, -0.1) is 5.11 Å². The van der Waals surface area contributed by atoms with E-state index >= 15 is 0 Å². The Morgan fingerprint density at radius 2 is 1.12 bits per heavy atom. The highest BCUT2D eigenvalue weighted by molar-refractivity contribution is 5.57. The highest BCUT2D eigenvalue weighted by atomic mass is 16.6. The number of non-ortho nitro benzene ring substituents is 2. The molecule has 10 heteroatoms. The van der Waals surface area contributed by atoms with Gasteiger partial charge >= 0.3 is 0 Å². The molecule has 0 saturated carbocycles. The van der Waals surface area contributed by atoms with E-state index in [1.54, 1.807) is 30.3 Å². The standard InChI is InChI=1S/C24H16N4O6/c29-27(30)18-6-10-20(11-7-18)33-22-14-15-23(26-25-17-4-2-1-3-5-17)24(16-22)34-21-12-8-19(9-13-21)28(31)32/h1-16H. The lowest BCUT2D eigenvalue weighted by atomic mass is 10.2. The van der Waals surface area contributed by atoms with E-state index in [0.717, 1.165) is 0 Å². The minimum Gasteiger partial charge on any atom is -0.457 e. The molecule has 0 saturated heterocycles. The van der Waals surface area contributed by atoms with Crippen molar-refractivity contribution < 1.29 is 19.3 Å². The van der Waals surface area contributed by atoms with Crippen molar-refractivity contribution in [1.29, 1.82) is 0 Å². The fraction of sp³-hybridized carbons (Fsp3) is 0. The van der Waals surface area contributed by atoms with E-state index in [0.29, 0.717) is 34.4 Å². The Balaban J connectivity index is 1.63. The lowest BCUT2D eigenvalue weighted by molar-refractivity contribution is -0.385. The molecule has 0 heterocycles. The molecule has 0 unspecified atom stereocenters. The van der Waals surface area contributed by atoms with Crippen LogP contribution in [0.4, 0.5) is 22.7 Å². The van der Waals surface area contributed by atoms with Crippen LogP contribution in [-0.4, -0.2) is 9.85 Å². The van der Waals surface area contributed by atoms with E-state index in [1.165, 1.54) is 48.5 Å². The van der Waals surface area contributed by atoms with Gasteiger partial charge in [0, 0.05) is 30.3 Å². The first kappa shape index (κ1) is 22.1. The summed E-state index contributed by atoms with van der Waals surface area (Å²) in [5.41, 5.74) is 0.936. The molecule has 4 aromatic rings. The van der Waals surface area contributed by atoms with Gasteiger partial charge in [-0.05, 0) is 48.5 Å². The molecule has 0 radical (unpaired) electrons. The summed E-state index contributed by atoms with van der Waals surface area (Å²) in [6.07, 6.45) is 0. The van der Waals surface area contributed by atoms with Gasteiger partial charge < -0.3 is 9.47 Å². The molecule has 0 aliphatic carbocycles. The third-order valence-corrected chi connectivity index (χ3v) is 4.52. The van der Waals surface area contributed by atoms with Gasteiger partial charge in [0.2, 0.25) is 0 Å². The van der Waals surface area contributed by atoms with E-state index in [4.69, 9.17) is 9.47 Å². The fourth-order valence-corrected chi connectivity index (χ4v) is 2.86. The molecule has 10 nitrogen and oxygen atoms in total. The predicted molar refractivity (Wildman–Crippen MR) is 123 cm³/mol. The molecule has 4 rings (SSSR count). The molecule has 0 fully saturated rings. The number of benzene rings is 4. The van der Waals surface area contributed by atoms with Gasteiger partial charge in [0.1, 0.15) is 22.9 Å². The summed E-state index contributed by atoms with van der Waals surface area (Å²) in [5.74, 6) is 1.44. The van der Waals surface area contributed by atoms with Gasteiger partial charge in [-0.25, -0.2) is 0 Å². The summed E-state index contributed by atoms with van der Waals surface area (Å²) in [5, 5.41) is 30.2. The van der Waals surface area contributed by atoms with Crippen LogP contribution in [0, 0.1) is 20.2 Å². The van der Waals surface area contributed by atoms with E-state index in [2.05, 4.69) is 10.2 Å². The van der Waals surface area contributed by atoms with E-state index in [-0.39, 0.29) is 11.4 Å². The number of hydrogen-bond donors (Lipinski definition) is 0. The number of ether oxygens (including phenoxy) is 2. The molecule has 168 valence electrons. The number of nitro groups is 2. The number of azo groups is 1. The largest absolute Gasteiger partial charge is 0.457 e. The quantitative estimate of drug-likeness (QED) is 0.153. The summed E-state index contributed by atoms with van der Waals surface area (Å²) in [4.78, 5) is 20.8. The van der Waals surface area contributed by atoms with E-state index < -0.39 is 9.85 Å². The summed E-state index contributed by atoms with van der Waals surface area (Å²) in [6, 6.07) is 25.3. The van der Waals surface area contributed by atoms with Crippen molar-refractivity contribution in [3.8, 4) is 23.0 Å².